The zero-order chi connectivity index (χ0) is 23.9. The van der Waals surface area contributed by atoms with E-state index >= 15 is 0 Å². The third-order valence-electron chi connectivity index (χ3n) is 7.53. The van der Waals surface area contributed by atoms with Gasteiger partial charge in [-0.2, -0.15) is 8.78 Å². The quantitative estimate of drug-likeness (QED) is 0.276. The van der Waals surface area contributed by atoms with E-state index in [1.54, 1.807) is 12.1 Å². The number of hydrogen-bond acceptors (Lipinski definition) is 0. The molecule has 0 aromatic heterocycles. The van der Waals surface area contributed by atoms with Crippen LogP contribution in [0.15, 0.2) is 60.7 Å². The predicted octanol–water partition coefficient (Wildman–Crippen LogP) is 10.5. The lowest BCUT2D eigenvalue weighted by molar-refractivity contribution is 0.302. The standard InChI is InChI=1S/C31H35F3/c1-2-3-4-5-6-7-22-8-10-23(11-9-22)24-12-14-25(15-13-24)26-18-19-29-27(20-26)16-17-28(31(29)34)21-30(32)33/h12-23H,2-11H2,1H3. The van der Waals surface area contributed by atoms with Crippen molar-refractivity contribution in [3.8, 4) is 11.1 Å². The van der Waals surface area contributed by atoms with E-state index in [4.69, 9.17) is 0 Å². The Labute approximate surface area is 201 Å². The van der Waals surface area contributed by atoms with Gasteiger partial charge in [0.05, 0.1) is 0 Å². The molecule has 0 spiro atoms. The molecule has 0 unspecified atom stereocenters. The fourth-order valence-corrected chi connectivity index (χ4v) is 5.49. The first-order chi connectivity index (χ1) is 16.5. The summed E-state index contributed by atoms with van der Waals surface area (Å²) in [5.41, 5.74) is 3.42. The van der Waals surface area contributed by atoms with E-state index in [1.165, 1.54) is 75.8 Å². The second-order valence-electron chi connectivity index (χ2n) is 9.88. The molecule has 0 heterocycles. The first-order valence-corrected chi connectivity index (χ1v) is 12.9. The predicted molar refractivity (Wildman–Crippen MR) is 138 cm³/mol. The van der Waals surface area contributed by atoms with Crippen LogP contribution in [-0.2, 0) is 0 Å². The maximum Gasteiger partial charge on any atom is 0.271 e. The normalized spacial score (nSPS) is 18.2. The Morgan fingerprint density at radius 3 is 2.24 bits per heavy atom. The van der Waals surface area contributed by atoms with Crippen LogP contribution in [0, 0.1) is 11.7 Å². The monoisotopic (exact) mass is 464 g/mol. The van der Waals surface area contributed by atoms with E-state index in [9.17, 15) is 13.2 Å². The van der Waals surface area contributed by atoms with Crippen molar-refractivity contribution < 1.29 is 13.2 Å². The highest BCUT2D eigenvalue weighted by atomic mass is 19.3. The Morgan fingerprint density at radius 1 is 0.824 bits per heavy atom. The minimum Gasteiger partial charge on any atom is -0.206 e. The third-order valence-corrected chi connectivity index (χ3v) is 7.53. The van der Waals surface area contributed by atoms with Gasteiger partial charge in [-0.1, -0.05) is 94.0 Å². The van der Waals surface area contributed by atoms with E-state index in [0.717, 1.165) is 17.0 Å². The molecule has 0 N–H and O–H groups in total. The van der Waals surface area contributed by atoms with Crippen LogP contribution in [0.2, 0.25) is 0 Å². The lowest BCUT2D eigenvalue weighted by Gasteiger charge is -2.29. The van der Waals surface area contributed by atoms with Gasteiger partial charge < -0.3 is 0 Å². The molecule has 3 heteroatoms. The molecular formula is C31H35F3. The molecular weight excluding hydrogens is 429 g/mol. The van der Waals surface area contributed by atoms with Gasteiger partial charge in [0, 0.05) is 17.0 Å². The molecule has 0 saturated heterocycles. The van der Waals surface area contributed by atoms with Crippen molar-refractivity contribution in [2.24, 2.45) is 5.92 Å². The number of halogens is 3. The number of hydrogen-bond donors (Lipinski definition) is 0. The van der Waals surface area contributed by atoms with E-state index < -0.39 is 11.9 Å². The number of unbranched alkanes of at least 4 members (excludes halogenated alkanes) is 4. The zero-order valence-electron chi connectivity index (χ0n) is 20.1. The van der Waals surface area contributed by atoms with E-state index in [2.05, 4.69) is 31.2 Å². The largest absolute Gasteiger partial charge is 0.271 e. The van der Waals surface area contributed by atoms with Gasteiger partial charge in [0.2, 0.25) is 0 Å². The highest BCUT2D eigenvalue weighted by Crippen LogP contribution is 2.38. The first-order valence-electron chi connectivity index (χ1n) is 12.9. The highest BCUT2D eigenvalue weighted by molar-refractivity contribution is 5.89. The van der Waals surface area contributed by atoms with Gasteiger partial charge in [0.1, 0.15) is 5.82 Å². The molecule has 0 amide bonds. The molecule has 0 nitrogen and oxygen atoms in total. The molecule has 1 aliphatic rings. The van der Waals surface area contributed by atoms with Crippen LogP contribution in [0.1, 0.15) is 88.2 Å². The molecule has 180 valence electrons. The first kappa shape index (κ1) is 24.6. The summed E-state index contributed by atoms with van der Waals surface area (Å²) in [5, 5.41) is 1.07. The SMILES string of the molecule is CCCCCCCC1CCC(c2ccc(-c3ccc4c(F)c(C=C(F)F)ccc4c3)cc2)CC1. The Kier molecular flexibility index (Phi) is 8.48. The summed E-state index contributed by atoms with van der Waals surface area (Å²) in [6, 6.07) is 17.4. The highest BCUT2D eigenvalue weighted by Gasteiger charge is 2.22. The molecule has 34 heavy (non-hydrogen) atoms. The van der Waals surface area contributed by atoms with Crippen molar-refractivity contribution in [1.82, 2.24) is 0 Å². The van der Waals surface area contributed by atoms with Gasteiger partial charge in [-0.05, 0) is 65.7 Å². The molecule has 1 saturated carbocycles. The summed E-state index contributed by atoms with van der Waals surface area (Å²) < 4.78 is 39.7. The third kappa shape index (κ3) is 6.11. The van der Waals surface area contributed by atoms with E-state index in [1.807, 2.05) is 12.1 Å². The topological polar surface area (TPSA) is 0 Å². The second-order valence-corrected chi connectivity index (χ2v) is 9.88. The van der Waals surface area contributed by atoms with E-state index in [0.29, 0.717) is 22.8 Å². The average Bonchev–Trinajstić information content (AvgIpc) is 2.86. The number of fused-ring (bicyclic) bond motifs is 1. The molecule has 1 fully saturated rings. The Balaban J connectivity index is 1.38. The molecule has 3 aromatic carbocycles. The van der Waals surface area contributed by atoms with Crippen LogP contribution in [0.4, 0.5) is 13.2 Å². The molecule has 0 bridgehead atoms. The van der Waals surface area contributed by atoms with Crippen LogP contribution in [0.3, 0.4) is 0 Å². The van der Waals surface area contributed by atoms with Gasteiger partial charge >= 0.3 is 0 Å². The molecule has 3 aromatic rings. The number of rotatable bonds is 9. The summed E-state index contributed by atoms with van der Waals surface area (Å²) in [5.74, 6) is 0.953. The van der Waals surface area contributed by atoms with Crippen molar-refractivity contribution in [3.63, 3.8) is 0 Å². The van der Waals surface area contributed by atoms with Crippen LogP contribution in [-0.4, -0.2) is 0 Å². The maximum atomic E-state index is 14.6. The van der Waals surface area contributed by atoms with Gasteiger partial charge in [-0.25, -0.2) is 4.39 Å². The average molecular weight is 465 g/mol. The van der Waals surface area contributed by atoms with Crippen molar-refractivity contribution in [3.05, 3.63) is 77.6 Å². The van der Waals surface area contributed by atoms with Crippen LogP contribution in [0.25, 0.3) is 28.0 Å². The van der Waals surface area contributed by atoms with Crippen molar-refractivity contribution >= 4 is 16.8 Å². The Hall–Kier alpha value is -2.55. The smallest absolute Gasteiger partial charge is 0.206 e. The van der Waals surface area contributed by atoms with Crippen LogP contribution < -0.4 is 0 Å². The Bertz CT molecular complexity index is 1100. The minimum absolute atomic E-state index is 0.0872. The number of benzene rings is 3. The summed E-state index contributed by atoms with van der Waals surface area (Å²) in [6.45, 7) is 2.27. The molecule has 0 radical (unpaired) electrons. The van der Waals surface area contributed by atoms with Gasteiger partial charge in [0.25, 0.3) is 6.08 Å². The van der Waals surface area contributed by atoms with Gasteiger partial charge in [-0.15, -0.1) is 0 Å². The summed E-state index contributed by atoms with van der Waals surface area (Å²) in [6.07, 6.45) is 12.2. The second kappa shape index (κ2) is 11.7. The molecule has 1 aliphatic carbocycles. The van der Waals surface area contributed by atoms with Crippen LogP contribution >= 0.6 is 0 Å². The fraction of sp³-hybridized carbons (Fsp3) is 0.419. The van der Waals surface area contributed by atoms with Crippen LogP contribution in [0.5, 0.6) is 0 Å². The lowest BCUT2D eigenvalue weighted by atomic mass is 9.77. The van der Waals surface area contributed by atoms with E-state index in [-0.39, 0.29) is 5.56 Å². The minimum atomic E-state index is -1.90. The van der Waals surface area contributed by atoms with Crippen molar-refractivity contribution in [1.29, 1.82) is 0 Å². The molecule has 4 rings (SSSR count). The van der Waals surface area contributed by atoms with Gasteiger partial charge in [-0.3, -0.25) is 0 Å². The fourth-order valence-electron chi connectivity index (χ4n) is 5.49. The Morgan fingerprint density at radius 2 is 1.53 bits per heavy atom. The molecule has 0 atom stereocenters. The van der Waals surface area contributed by atoms with Crippen molar-refractivity contribution in [2.75, 3.05) is 0 Å². The summed E-state index contributed by atoms with van der Waals surface area (Å²) in [7, 11) is 0. The summed E-state index contributed by atoms with van der Waals surface area (Å²) in [4.78, 5) is 0. The lowest BCUT2D eigenvalue weighted by Crippen LogP contribution is -2.13. The maximum absolute atomic E-state index is 14.6. The zero-order valence-corrected chi connectivity index (χ0v) is 20.1. The summed E-state index contributed by atoms with van der Waals surface area (Å²) >= 11 is 0. The van der Waals surface area contributed by atoms with Crippen molar-refractivity contribution in [2.45, 2.75) is 77.0 Å². The molecule has 0 aliphatic heterocycles. The van der Waals surface area contributed by atoms with Gasteiger partial charge in [0.15, 0.2) is 0 Å².